The van der Waals surface area contributed by atoms with E-state index in [2.05, 4.69) is 33.4 Å². The average Bonchev–Trinajstić information content (AvgIpc) is 2.98. The molecule has 0 atom stereocenters. The number of halogens is 1. The lowest BCUT2D eigenvalue weighted by molar-refractivity contribution is 0.199. The molecular formula is C18H28B3ClN2O3S. The topological polar surface area (TPSA) is 63.4 Å². The summed E-state index contributed by atoms with van der Waals surface area (Å²) >= 11 is 6.42. The lowest BCUT2D eigenvalue weighted by Gasteiger charge is -2.45. The number of sulfone groups is 1. The van der Waals surface area contributed by atoms with Gasteiger partial charge in [0.25, 0.3) is 0 Å². The van der Waals surface area contributed by atoms with Gasteiger partial charge in [0.15, 0.2) is 15.4 Å². The van der Waals surface area contributed by atoms with Gasteiger partial charge in [-0.2, -0.15) is 0 Å². The van der Waals surface area contributed by atoms with Crippen molar-refractivity contribution in [1.29, 1.82) is 0 Å². The Bertz CT molecular complexity index is 1000. The first-order valence-electron chi connectivity index (χ1n) is 9.76. The third kappa shape index (κ3) is 3.66. The maximum atomic E-state index is 13.8. The molecule has 1 fully saturated rings. The molecule has 0 N–H and O–H groups in total. The lowest BCUT2D eigenvalue weighted by atomic mass is 9.48. The Morgan fingerprint density at radius 2 is 1.75 bits per heavy atom. The molecule has 0 spiro atoms. The third-order valence-corrected chi connectivity index (χ3v) is 8.87. The van der Waals surface area contributed by atoms with Crippen molar-refractivity contribution in [2.75, 3.05) is 13.1 Å². The van der Waals surface area contributed by atoms with Crippen LogP contribution < -0.4 is 0 Å². The Kier molecular flexibility index (Phi) is 5.30. The van der Waals surface area contributed by atoms with Crippen LogP contribution in [0, 0.1) is 0 Å². The number of piperidine rings is 1. The van der Waals surface area contributed by atoms with Crippen LogP contribution in [0.5, 0.6) is 0 Å². The number of hydrogen-bond acceptors (Lipinski definition) is 5. The van der Waals surface area contributed by atoms with Gasteiger partial charge in [0.1, 0.15) is 34.0 Å². The fourth-order valence-electron chi connectivity index (χ4n) is 3.68. The molecule has 5 nitrogen and oxygen atoms in total. The summed E-state index contributed by atoms with van der Waals surface area (Å²) in [7, 11) is 2.76. The van der Waals surface area contributed by atoms with Gasteiger partial charge in [-0.1, -0.05) is 37.6 Å². The second kappa shape index (κ2) is 6.81. The molecule has 0 radical (unpaired) electrons. The van der Waals surface area contributed by atoms with Crippen molar-refractivity contribution in [1.82, 2.24) is 9.88 Å². The van der Waals surface area contributed by atoms with Crippen LogP contribution >= 0.6 is 11.6 Å². The number of hydrogen-bond donors (Lipinski definition) is 0. The highest BCUT2D eigenvalue weighted by Gasteiger charge is 2.46. The summed E-state index contributed by atoms with van der Waals surface area (Å²) in [4.78, 5) is 6.93. The van der Waals surface area contributed by atoms with E-state index in [-0.39, 0.29) is 26.2 Å². The Hall–Kier alpha value is -0.915. The van der Waals surface area contributed by atoms with Crippen molar-refractivity contribution in [2.24, 2.45) is 0 Å². The molecule has 1 aliphatic rings. The number of rotatable bonds is 3. The minimum atomic E-state index is -3.71. The van der Waals surface area contributed by atoms with E-state index in [1.807, 2.05) is 27.7 Å². The first-order chi connectivity index (χ1) is 12.7. The quantitative estimate of drug-likeness (QED) is 0.691. The molecule has 1 aliphatic heterocycles. The average molecular weight is 420 g/mol. The van der Waals surface area contributed by atoms with Crippen LogP contribution in [0.15, 0.2) is 21.4 Å². The highest BCUT2D eigenvalue weighted by Crippen LogP contribution is 2.42. The highest BCUT2D eigenvalue weighted by atomic mass is 35.5. The van der Waals surface area contributed by atoms with Crippen LogP contribution in [-0.4, -0.2) is 64.9 Å². The minimum absolute atomic E-state index is 0.0231. The van der Waals surface area contributed by atoms with Crippen LogP contribution in [0.4, 0.5) is 0 Å². The Morgan fingerprint density at radius 1 is 1.18 bits per heavy atom. The molecule has 10 heteroatoms. The standard InChI is InChI=1S/C18H28B3ClN2O3S/c1-16(2,3)15-23-12-6-5-11(22)14(13(12)27-15)28(25,26)17(4)7-9-24(10-8-17)18(19,20)21/h5-6H,7-10,19-21H2,1-4H3. The summed E-state index contributed by atoms with van der Waals surface area (Å²) < 4.78 is 32.6. The summed E-state index contributed by atoms with van der Waals surface area (Å²) in [5.41, 5.74) is 0.481. The maximum Gasteiger partial charge on any atom is 0.200 e. The van der Waals surface area contributed by atoms with Gasteiger partial charge in [-0.25, -0.2) is 13.4 Å². The third-order valence-electron chi connectivity index (χ3n) is 5.79. The zero-order chi connectivity index (χ0) is 21.1. The van der Waals surface area contributed by atoms with E-state index in [0.717, 1.165) is 13.1 Å². The number of likely N-dealkylation sites (tertiary alicyclic amines) is 1. The summed E-state index contributed by atoms with van der Waals surface area (Å²) in [5.74, 6) is 0.508. The fourth-order valence-corrected chi connectivity index (χ4v) is 6.06. The van der Waals surface area contributed by atoms with E-state index >= 15 is 0 Å². The van der Waals surface area contributed by atoms with Gasteiger partial charge in [-0.05, 0) is 45.0 Å². The molecule has 2 aromatic rings. The normalized spacial score (nSPS) is 19.2. The summed E-state index contributed by atoms with van der Waals surface area (Å²) in [6.45, 7) is 9.25. The lowest BCUT2D eigenvalue weighted by Crippen LogP contribution is -2.57. The molecule has 0 saturated carbocycles. The van der Waals surface area contributed by atoms with E-state index in [0.29, 0.717) is 24.2 Å². The summed E-state index contributed by atoms with van der Waals surface area (Å²) in [6.07, 6.45) is 1.11. The Morgan fingerprint density at radius 3 is 2.25 bits per heavy atom. The molecular weight excluding hydrogens is 392 g/mol. The molecule has 1 saturated heterocycles. The highest BCUT2D eigenvalue weighted by molar-refractivity contribution is 7.93. The zero-order valence-corrected chi connectivity index (χ0v) is 19.5. The van der Waals surface area contributed by atoms with E-state index in [1.54, 1.807) is 12.1 Å². The van der Waals surface area contributed by atoms with E-state index in [1.165, 1.54) is 0 Å². The van der Waals surface area contributed by atoms with Gasteiger partial charge in [0.05, 0.1) is 9.77 Å². The van der Waals surface area contributed by atoms with Crippen molar-refractivity contribution in [3.63, 3.8) is 0 Å². The van der Waals surface area contributed by atoms with E-state index in [4.69, 9.17) is 16.0 Å². The molecule has 150 valence electrons. The van der Waals surface area contributed by atoms with Gasteiger partial charge in [-0.15, -0.1) is 0 Å². The van der Waals surface area contributed by atoms with Crippen molar-refractivity contribution in [3.05, 3.63) is 23.0 Å². The molecule has 0 unspecified atom stereocenters. The first kappa shape index (κ1) is 21.8. The fraction of sp³-hybridized carbons (Fsp3) is 0.611. The molecule has 0 aliphatic carbocycles. The second-order valence-electron chi connectivity index (χ2n) is 10.1. The van der Waals surface area contributed by atoms with E-state index in [9.17, 15) is 8.42 Å². The smallest absolute Gasteiger partial charge is 0.200 e. The van der Waals surface area contributed by atoms with Gasteiger partial charge < -0.3 is 9.32 Å². The van der Waals surface area contributed by atoms with Crippen LogP contribution in [0.1, 0.15) is 46.4 Å². The van der Waals surface area contributed by atoms with Crippen LogP contribution in [0.2, 0.25) is 5.02 Å². The van der Waals surface area contributed by atoms with Gasteiger partial charge in [-0.3, -0.25) is 0 Å². The zero-order valence-electron chi connectivity index (χ0n) is 17.9. The molecule has 28 heavy (non-hydrogen) atoms. The first-order valence-corrected chi connectivity index (χ1v) is 11.6. The van der Waals surface area contributed by atoms with Gasteiger partial charge in [0.2, 0.25) is 5.89 Å². The van der Waals surface area contributed by atoms with Gasteiger partial charge in [0, 0.05) is 5.41 Å². The molecule has 1 aromatic carbocycles. The predicted octanol–water partition coefficient (Wildman–Crippen LogP) is 0.917. The number of aromatic nitrogens is 1. The van der Waals surface area contributed by atoms with Crippen molar-refractivity contribution >= 4 is 56.1 Å². The molecule has 2 heterocycles. The van der Waals surface area contributed by atoms with Crippen LogP contribution in [0.3, 0.4) is 0 Å². The van der Waals surface area contributed by atoms with Crippen LogP contribution in [-0.2, 0) is 15.3 Å². The number of benzene rings is 1. The number of fused-ring (bicyclic) bond motifs is 1. The largest absolute Gasteiger partial charge is 0.439 e. The SMILES string of the molecule is BC(B)(B)N1CCC(C)(S(=O)(=O)c2c(Cl)ccc3nc(C(C)(C)C)oc23)CC1. The van der Waals surface area contributed by atoms with Gasteiger partial charge >= 0.3 is 0 Å². The minimum Gasteiger partial charge on any atom is -0.439 e. The number of oxazole rings is 1. The second-order valence-corrected chi connectivity index (χ2v) is 12.9. The number of nitrogens with zero attached hydrogens (tertiary/aromatic N) is 2. The van der Waals surface area contributed by atoms with E-state index < -0.39 is 14.6 Å². The van der Waals surface area contributed by atoms with Crippen molar-refractivity contribution < 1.29 is 12.8 Å². The van der Waals surface area contributed by atoms with Crippen LogP contribution in [0.25, 0.3) is 11.1 Å². The molecule has 3 rings (SSSR count). The Balaban J connectivity index is 2.08. The molecule has 0 amide bonds. The van der Waals surface area contributed by atoms with Crippen molar-refractivity contribution in [2.45, 2.75) is 60.8 Å². The van der Waals surface area contributed by atoms with Crippen molar-refractivity contribution in [3.8, 4) is 0 Å². The predicted molar refractivity (Wildman–Crippen MR) is 122 cm³/mol. The Labute approximate surface area is 175 Å². The molecule has 1 aromatic heterocycles. The summed E-state index contributed by atoms with van der Waals surface area (Å²) in [6, 6.07) is 3.33. The maximum absolute atomic E-state index is 13.8. The monoisotopic (exact) mass is 420 g/mol. The molecule has 0 bridgehead atoms. The summed E-state index contributed by atoms with van der Waals surface area (Å²) in [5, 5.41) is 0.221.